The molecule has 132 valence electrons. The zero-order valence-corrected chi connectivity index (χ0v) is 14.7. The highest BCUT2D eigenvalue weighted by Crippen LogP contribution is 2.36. The van der Waals surface area contributed by atoms with Gasteiger partial charge in [-0.25, -0.2) is 0 Å². The first-order chi connectivity index (χ1) is 13.2. The molecule has 1 aliphatic rings. The standard InChI is InChI=1S/C22H17N3O2/c1-27-21-12-19(18-10-13-6-2-4-8-16(13)23-18)24-20(21)11-15-14-7-3-5-9-17(14)25-22(15)26/h2-12,23-24H,1H3,(H,25,26)/b15-11-. The van der Waals surface area contributed by atoms with E-state index in [1.807, 2.05) is 54.6 Å². The minimum absolute atomic E-state index is 0.111. The lowest BCUT2D eigenvalue weighted by Crippen LogP contribution is -2.03. The molecule has 0 bridgehead atoms. The molecule has 0 atom stereocenters. The molecule has 0 saturated carbocycles. The van der Waals surface area contributed by atoms with Gasteiger partial charge in [0.25, 0.3) is 5.91 Å². The van der Waals surface area contributed by atoms with Gasteiger partial charge in [-0.3, -0.25) is 4.79 Å². The van der Waals surface area contributed by atoms with E-state index in [1.165, 1.54) is 0 Å². The molecule has 5 rings (SSSR count). The zero-order valence-electron chi connectivity index (χ0n) is 14.7. The lowest BCUT2D eigenvalue weighted by Gasteiger charge is -2.00. The number of aromatic nitrogens is 2. The third kappa shape index (κ3) is 2.52. The van der Waals surface area contributed by atoms with Crippen LogP contribution in [0, 0.1) is 0 Å². The van der Waals surface area contributed by atoms with Gasteiger partial charge in [0.05, 0.1) is 29.8 Å². The van der Waals surface area contributed by atoms with Crippen LogP contribution in [0.25, 0.3) is 33.9 Å². The van der Waals surface area contributed by atoms with Crippen LogP contribution in [0.5, 0.6) is 5.75 Å². The molecule has 0 radical (unpaired) electrons. The lowest BCUT2D eigenvalue weighted by atomic mass is 10.1. The third-order valence-electron chi connectivity index (χ3n) is 4.85. The van der Waals surface area contributed by atoms with Gasteiger partial charge in [0.2, 0.25) is 0 Å². The Morgan fingerprint density at radius 2 is 1.70 bits per heavy atom. The van der Waals surface area contributed by atoms with Crippen LogP contribution in [0.1, 0.15) is 11.3 Å². The summed E-state index contributed by atoms with van der Waals surface area (Å²) in [6, 6.07) is 19.8. The van der Waals surface area contributed by atoms with Gasteiger partial charge in [-0.05, 0) is 24.3 Å². The summed E-state index contributed by atoms with van der Waals surface area (Å²) in [6.07, 6.45) is 1.84. The van der Waals surface area contributed by atoms with Crippen molar-refractivity contribution in [2.75, 3.05) is 12.4 Å². The SMILES string of the molecule is COc1cc(-c2cc3ccccc3[nH]2)[nH]c1/C=C1\C(=O)Nc2ccccc21. The number of hydrogen-bond donors (Lipinski definition) is 3. The summed E-state index contributed by atoms with van der Waals surface area (Å²) >= 11 is 0. The van der Waals surface area contributed by atoms with Crippen molar-refractivity contribution in [1.82, 2.24) is 9.97 Å². The second-order valence-electron chi connectivity index (χ2n) is 6.49. The van der Waals surface area contributed by atoms with E-state index in [0.29, 0.717) is 11.3 Å². The quantitative estimate of drug-likeness (QED) is 0.468. The first-order valence-electron chi connectivity index (χ1n) is 8.70. The van der Waals surface area contributed by atoms with Gasteiger partial charge in [0.15, 0.2) is 0 Å². The van der Waals surface area contributed by atoms with Crippen LogP contribution in [0.2, 0.25) is 0 Å². The maximum absolute atomic E-state index is 12.4. The van der Waals surface area contributed by atoms with Gasteiger partial charge in [-0.15, -0.1) is 0 Å². The number of rotatable bonds is 3. The first kappa shape index (κ1) is 15.5. The van der Waals surface area contributed by atoms with E-state index in [-0.39, 0.29) is 5.91 Å². The average Bonchev–Trinajstić information content (AvgIpc) is 3.37. The molecule has 27 heavy (non-hydrogen) atoms. The zero-order chi connectivity index (χ0) is 18.4. The van der Waals surface area contributed by atoms with Crippen molar-refractivity contribution in [3.63, 3.8) is 0 Å². The summed E-state index contributed by atoms with van der Waals surface area (Å²) in [7, 11) is 1.63. The summed E-state index contributed by atoms with van der Waals surface area (Å²) in [6.45, 7) is 0. The van der Waals surface area contributed by atoms with Crippen molar-refractivity contribution < 1.29 is 9.53 Å². The number of carbonyl (C=O) groups is 1. The Morgan fingerprint density at radius 1 is 0.926 bits per heavy atom. The van der Waals surface area contributed by atoms with Crippen molar-refractivity contribution in [2.45, 2.75) is 0 Å². The number of anilines is 1. The van der Waals surface area contributed by atoms with Crippen molar-refractivity contribution in [3.05, 3.63) is 71.9 Å². The van der Waals surface area contributed by atoms with Crippen LogP contribution in [0.4, 0.5) is 5.69 Å². The summed E-state index contributed by atoms with van der Waals surface area (Å²) in [5, 5.41) is 4.04. The summed E-state index contributed by atoms with van der Waals surface area (Å²) < 4.78 is 5.53. The molecule has 0 unspecified atom stereocenters. The van der Waals surface area contributed by atoms with Crippen molar-refractivity contribution in [3.8, 4) is 17.1 Å². The topological polar surface area (TPSA) is 69.9 Å². The summed E-state index contributed by atoms with van der Waals surface area (Å²) in [4.78, 5) is 19.2. The van der Waals surface area contributed by atoms with Crippen LogP contribution >= 0.6 is 0 Å². The average molecular weight is 355 g/mol. The van der Waals surface area contributed by atoms with Crippen molar-refractivity contribution in [1.29, 1.82) is 0 Å². The fourth-order valence-corrected chi connectivity index (χ4v) is 3.52. The second-order valence-corrected chi connectivity index (χ2v) is 6.49. The number of aromatic amines is 2. The molecule has 3 N–H and O–H groups in total. The maximum Gasteiger partial charge on any atom is 0.256 e. The largest absolute Gasteiger partial charge is 0.494 e. The van der Waals surface area contributed by atoms with Gasteiger partial charge in [0.1, 0.15) is 5.75 Å². The van der Waals surface area contributed by atoms with E-state index in [2.05, 4.69) is 27.4 Å². The Bertz CT molecular complexity index is 1180. The first-order valence-corrected chi connectivity index (χ1v) is 8.70. The Balaban J connectivity index is 1.61. The monoisotopic (exact) mass is 355 g/mol. The van der Waals surface area contributed by atoms with Gasteiger partial charge < -0.3 is 20.0 Å². The number of nitrogens with one attached hydrogen (secondary N) is 3. The number of H-pyrrole nitrogens is 2. The molecule has 1 aliphatic heterocycles. The van der Waals surface area contributed by atoms with Crippen LogP contribution in [0.15, 0.2) is 60.7 Å². The Labute approximate surface area is 155 Å². The lowest BCUT2D eigenvalue weighted by molar-refractivity contribution is -0.110. The van der Waals surface area contributed by atoms with Gasteiger partial charge in [0, 0.05) is 28.2 Å². The van der Waals surface area contributed by atoms with Crippen LogP contribution < -0.4 is 10.1 Å². The second kappa shape index (κ2) is 5.92. The molecular formula is C22H17N3O2. The van der Waals surface area contributed by atoms with E-state index in [4.69, 9.17) is 4.74 Å². The summed E-state index contributed by atoms with van der Waals surface area (Å²) in [5.74, 6) is 0.577. The molecule has 1 amide bonds. The fraction of sp³-hybridized carbons (Fsp3) is 0.0455. The number of ether oxygens (including phenoxy) is 1. The molecule has 2 aromatic heterocycles. The van der Waals surface area contributed by atoms with Crippen molar-refractivity contribution >= 4 is 34.1 Å². The minimum Gasteiger partial charge on any atom is -0.494 e. The Hall–Kier alpha value is -3.73. The van der Waals surface area contributed by atoms with Gasteiger partial charge in [-0.1, -0.05) is 36.4 Å². The van der Waals surface area contributed by atoms with E-state index in [9.17, 15) is 4.79 Å². The van der Waals surface area contributed by atoms with Gasteiger partial charge >= 0.3 is 0 Å². The molecule has 0 spiro atoms. The smallest absolute Gasteiger partial charge is 0.256 e. The number of para-hydroxylation sites is 2. The summed E-state index contributed by atoms with van der Waals surface area (Å²) in [5.41, 5.74) is 6.05. The molecular weight excluding hydrogens is 338 g/mol. The fourth-order valence-electron chi connectivity index (χ4n) is 3.52. The van der Waals surface area contributed by atoms with Crippen LogP contribution in [0.3, 0.4) is 0 Å². The number of fused-ring (bicyclic) bond motifs is 2. The number of benzene rings is 2. The highest BCUT2D eigenvalue weighted by Gasteiger charge is 2.24. The maximum atomic E-state index is 12.4. The molecule has 0 saturated heterocycles. The number of amides is 1. The molecule has 0 aliphatic carbocycles. The molecule has 0 fully saturated rings. The highest BCUT2D eigenvalue weighted by molar-refractivity contribution is 6.34. The molecule has 4 aromatic rings. The normalized spacial score (nSPS) is 14.6. The van der Waals surface area contributed by atoms with E-state index >= 15 is 0 Å². The molecule has 5 heteroatoms. The van der Waals surface area contributed by atoms with E-state index in [1.54, 1.807) is 7.11 Å². The third-order valence-corrected chi connectivity index (χ3v) is 4.85. The van der Waals surface area contributed by atoms with Crippen molar-refractivity contribution in [2.24, 2.45) is 0 Å². The van der Waals surface area contributed by atoms with Crippen LogP contribution in [-0.4, -0.2) is 23.0 Å². The molecule has 2 aromatic carbocycles. The Kier molecular flexibility index (Phi) is 3.40. The minimum atomic E-state index is -0.111. The predicted molar refractivity (Wildman–Crippen MR) is 108 cm³/mol. The predicted octanol–water partition coefficient (Wildman–Crippen LogP) is 4.66. The van der Waals surface area contributed by atoms with E-state index in [0.717, 1.165) is 39.2 Å². The Morgan fingerprint density at radius 3 is 2.56 bits per heavy atom. The number of methoxy groups -OCH3 is 1. The molecule has 3 heterocycles. The van der Waals surface area contributed by atoms with E-state index < -0.39 is 0 Å². The van der Waals surface area contributed by atoms with Gasteiger partial charge in [-0.2, -0.15) is 0 Å². The molecule has 5 nitrogen and oxygen atoms in total. The highest BCUT2D eigenvalue weighted by atomic mass is 16.5. The number of hydrogen-bond acceptors (Lipinski definition) is 2. The van der Waals surface area contributed by atoms with Crippen LogP contribution in [-0.2, 0) is 4.79 Å². The number of carbonyl (C=O) groups excluding carboxylic acids is 1.